The van der Waals surface area contributed by atoms with Crippen LogP contribution in [0.2, 0.25) is 0 Å². The van der Waals surface area contributed by atoms with E-state index >= 15 is 0 Å². The maximum atomic E-state index is 5.26. The first-order valence-corrected chi connectivity index (χ1v) is 19.6. The quantitative estimate of drug-likeness (QED) is 0.109. The number of nitrogens with zero attached hydrogens (tertiary/aromatic N) is 3. The van der Waals surface area contributed by atoms with E-state index in [1.54, 1.807) is 7.05 Å². The normalized spacial score (nSPS) is 11.8. The number of rotatable bonds is 9. The molecule has 1 aromatic heterocycles. The van der Waals surface area contributed by atoms with Crippen LogP contribution in [0, 0.1) is 0 Å². The van der Waals surface area contributed by atoms with Crippen LogP contribution < -0.4 is 0 Å². The Bertz CT molecular complexity index is 3110. The van der Waals surface area contributed by atoms with Gasteiger partial charge in [0.1, 0.15) is 0 Å². The number of allylic oxidation sites excluding steroid dienone is 2. The fourth-order valence-electron chi connectivity index (χ4n) is 8.18. The van der Waals surface area contributed by atoms with Gasteiger partial charge in [-0.1, -0.05) is 171 Å². The zero-order chi connectivity index (χ0) is 39.6. The summed E-state index contributed by atoms with van der Waals surface area (Å²) in [6.45, 7) is 10.3. The first-order valence-electron chi connectivity index (χ1n) is 19.6. The molecule has 58 heavy (non-hydrogen) atoms. The molecular weight excluding hydrogens is 703 g/mol. The number of hydrogen-bond donors (Lipinski definition) is 0. The first-order chi connectivity index (χ1) is 28.6. The molecule has 9 rings (SSSR count). The molecule has 8 aromatic carbocycles. The van der Waals surface area contributed by atoms with Crippen molar-refractivity contribution in [3.05, 3.63) is 200 Å². The summed E-state index contributed by atoms with van der Waals surface area (Å²) in [4.78, 5) is 14.8. The van der Waals surface area contributed by atoms with Gasteiger partial charge in [-0.3, -0.25) is 4.99 Å². The summed E-state index contributed by atoms with van der Waals surface area (Å²) in [7, 11) is 1.80. The van der Waals surface area contributed by atoms with Crippen LogP contribution >= 0.6 is 0 Å². The highest BCUT2D eigenvalue weighted by atomic mass is 14.9. The largest absolute Gasteiger partial charge is 0.296 e. The zero-order valence-electron chi connectivity index (χ0n) is 32.7. The Kier molecular flexibility index (Phi) is 9.71. The van der Waals surface area contributed by atoms with Gasteiger partial charge in [0, 0.05) is 30.0 Å². The average molecular weight is 744 g/mol. The van der Waals surface area contributed by atoms with Crippen molar-refractivity contribution in [2.45, 2.75) is 6.92 Å². The van der Waals surface area contributed by atoms with Crippen LogP contribution in [0.5, 0.6) is 0 Å². The Morgan fingerprint density at radius 1 is 0.483 bits per heavy atom. The van der Waals surface area contributed by atoms with Crippen LogP contribution in [-0.2, 0) is 0 Å². The highest BCUT2D eigenvalue weighted by Gasteiger charge is 2.15. The lowest BCUT2D eigenvalue weighted by molar-refractivity contribution is 1.18. The van der Waals surface area contributed by atoms with Gasteiger partial charge in [-0.15, -0.1) is 0 Å². The maximum absolute atomic E-state index is 5.26. The van der Waals surface area contributed by atoms with E-state index < -0.39 is 0 Å². The molecule has 0 aliphatic rings. The number of aliphatic imine (C=N–C) groups is 1. The van der Waals surface area contributed by atoms with Gasteiger partial charge in [0.05, 0.1) is 11.4 Å². The van der Waals surface area contributed by atoms with Crippen molar-refractivity contribution in [3.63, 3.8) is 0 Å². The van der Waals surface area contributed by atoms with Gasteiger partial charge in [0.2, 0.25) is 0 Å². The molecule has 3 nitrogen and oxygen atoms in total. The highest BCUT2D eigenvalue weighted by molar-refractivity contribution is 6.15. The number of fused-ring (bicyclic) bond motifs is 4. The minimum Gasteiger partial charge on any atom is -0.296 e. The van der Waals surface area contributed by atoms with Crippen molar-refractivity contribution >= 4 is 56.3 Å². The fourth-order valence-corrected chi connectivity index (χ4v) is 8.18. The second kappa shape index (κ2) is 15.6. The fraction of sp³-hybridized carbons (Fsp3) is 0.0364. The molecule has 0 spiro atoms. The summed E-state index contributed by atoms with van der Waals surface area (Å²) in [6.07, 6.45) is 7.86. The van der Waals surface area contributed by atoms with Crippen LogP contribution in [-0.4, -0.2) is 23.2 Å². The molecule has 0 atom stereocenters. The van der Waals surface area contributed by atoms with Gasteiger partial charge >= 0.3 is 0 Å². The van der Waals surface area contributed by atoms with Gasteiger partial charge in [0.15, 0.2) is 5.82 Å². The predicted molar refractivity (Wildman–Crippen MR) is 250 cm³/mol. The van der Waals surface area contributed by atoms with Crippen molar-refractivity contribution in [2.75, 3.05) is 7.05 Å². The Labute approximate surface area is 339 Å². The molecule has 0 radical (unpaired) electrons. The van der Waals surface area contributed by atoms with Crippen molar-refractivity contribution in [1.29, 1.82) is 0 Å². The molecule has 0 bridgehead atoms. The Morgan fingerprint density at radius 3 is 1.83 bits per heavy atom. The average Bonchev–Trinajstić information content (AvgIpc) is 3.30. The second-order valence-electron chi connectivity index (χ2n) is 14.4. The summed E-state index contributed by atoms with van der Waals surface area (Å²) in [6, 6.07) is 58.1. The van der Waals surface area contributed by atoms with Crippen LogP contribution in [0.1, 0.15) is 23.6 Å². The predicted octanol–water partition coefficient (Wildman–Crippen LogP) is 14.7. The lowest BCUT2D eigenvalue weighted by atomic mass is 9.89. The van der Waals surface area contributed by atoms with Crippen LogP contribution in [0.25, 0.3) is 106 Å². The molecule has 1 heterocycles. The van der Waals surface area contributed by atoms with E-state index in [-0.39, 0.29) is 0 Å². The molecule has 3 heteroatoms. The molecule has 0 saturated carbocycles. The van der Waals surface area contributed by atoms with E-state index in [4.69, 9.17) is 9.97 Å². The minimum atomic E-state index is 0.662. The first kappa shape index (κ1) is 36.2. The van der Waals surface area contributed by atoms with E-state index in [1.165, 1.54) is 32.5 Å². The number of aromatic nitrogens is 2. The van der Waals surface area contributed by atoms with Crippen LogP contribution in [0.4, 0.5) is 0 Å². The number of benzene rings is 8. The molecule has 0 saturated heterocycles. The standard InChI is InChI=1S/C55H41N3/c1-5-36(35-56-4)40-17-12-19-43(31-40)54-34-53(39-27-25-38(26-28-39)48-24-14-16-37-15-8-9-21-47(37)48)57-55(58-54)44-20-13-18-41(32-44)42-29-30-51-46(7-3)45(6-2)49-22-10-11-23-50(49)52(51)33-42/h5-35H,2-3H2,1,4H3/b36-5+,56-35?. The third kappa shape index (κ3) is 6.63. The molecular formula is C55H41N3. The lowest BCUT2D eigenvalue weighted by Gasteiger charge is -2.15. The molecule has 0 fully saturated rings. The van der Waals surface area contributed by atoms with Crippen LogP contribution in [0.3, 0.4) is 0 Å². The van der Waals surface area contributed by atoms with E-state index in [1.807, 2.05) is 25.3 Å². The number of hydrogen-bond acceptors (Lipinski definition) is 3. The lowest BCUT2D eigenvalue weighted by Crippen LogP contribution is -1.97. The molecule has 276 valence electrons. The smallest absolute Gasteiger partial charge is 0.160 e. The summed E-state index contributed by atoms with van der Waals surface area (Å²) in [5.41, 5.74) is 13.6. The van der Waals surface area contributed by atoms with Crippen molar-refractivity contribution < 1.29 is 0 Å². The highest BCUT2D eigenvalue weighted by Crippen LogP contribution is 2.38. The van der Waals surface area contributed by atoms with Gasteiger partial charge in [-0.2, -0.15) is 0 Å². The van der Waals surface area contributed by atoms with Crippen molar-refractivity contribution in [1.82, 2.24) is 9.97 Å². The third-order valence-electron chi connectivity index (χ3n) is 11.0. The van der Waals surface area contributed by atoms with Gasteiger partial charge in [-0.05, 0) is 108 Å². The SMILES string of the molecule is C=Cc1c(C=C)c2ccc(-c3cccc(-c4nc(-c5ccc(-c6cccc7ccccc67)cc5)cc(-c5cccc(/C(C=NC)=C/C)c5)n4)c3)cc2c2ccccc12. The summed E-state index contributed by atoms with van der Waals surface area (Å²) < 4.78 is 0. The minimum absolute atomic E-state index is 0.662. The Balaban J connectivity index is 1.17. The monoisotopic (exact) mass is 743 g/mol. The van der Waals surface area contributed by atoms with Crippen LogP contribution in [0.15, 0.2) is 188 Å². The Hall–Kier alpha value is -7.49. The summed E-state index contributed by atoms with van der Waals surface area (Å²) in [5, 5.41) is 7.16. The van der Waals surface area contributed by atoms with Gasteiger partial charge < -0.3 is 0 Å². The van der Waals surface area contributed by atoms with E-state index in [0.29, 0.717) is 5.82 Å². The molecule has 0 unspecified atom stereocenters. The topological polar surface area (TPSA) is 38.1 Å². The molecule has 9 aromatic rings. The Morgan fingerprint density at radius 2 is 1.07 bits per heavy atom. The maximum Gasteiger partial charge on any atom is 0.160 e. The third-order valence-corrected chi connectivity index (χ3v) is 11.0. The van der Waals surface area contributed by atoms with Crippen molar-refractivity contribution in [3.8, 4) is 56.2 Å². The molecule has 0 N–H and O–H groups in total. The molecule has 0 aliphatic carbocycles. The summed E-state index contributed by atoms with van der Waals surface area (Å²) >= 11 is 0. The van der Waals surface area contributed by atoms with Gasteiger partial charge in [-0.25, -0.2) is 9.97 Å². The van der Waals surface area contributed by atoms with E-state index in [0.717, 1.165) is 72.4 Å². The molecule has 0 amide bonds. The second-order valence-corrected chi connectivity index (χ2v) is 14.4. The van der Waals surface area contributed by atoms with E-state index in [9.17, 15) is 0 Å². The zero-order valence-corrected chi connectivity index (χ0v) is 32.7. The van der Waals surface area contributed by atoms with Crippen molar-refractivity contribution in [2.24, 2.45) is 4.99 Å². The van der Waals surface area contributed by atoms with E-state index in [2.05, 4.69) is 188 Å². The molecule has 0 aliphatic heterocycles. The summed E-state index contributed by atoms with van der Waals surface area (Å²) in [5.74, 6) is 0.662. The van der Waals surface area contributed by atoms with Gasteiger partial charge in [0.25, 0.3) is 0 Å².